The SMILES string of the molecule is CCN(c1ccc(C(=O)NCC(C)C)cc1)S(=O)(=O)CC. The fourth-order valence-corrected chi connectivity index (χ4v) is 3.02. The molecule has 0 fully saturated rings. The van der Waals surface area contributed by atoms with Gasteiger partial charge in [0.25, 0.3) is 5.91 Å². The van der Waals surface area contributed by atoms with Gasteiger partial charge in [-0.15, -0.1) is 0 Å². The third-order valence-corrected chi connectivity index (χ3v) is 4.95. The molecule has 0 heterocycles. The summed E-state index contributed by atoms with van der Waals surface area (Å²) < 4.78 is 25.3. The van der Waals surface area contributed by atoms with Gasteiger partial charge in [-0.2, -0.15) is 0 Å². The summed E-state index contributed by atoms with van der Waals surface area (Å²) in [6, 6.07) is 6.64. The molecule has 0 atom stereocenters. The molecule has 1 amide bonds. The smallest absolute Gasteiger partial charge is 0.251 e. The second-order valence-corrected chi connectivity index (χ2v) is 7.40. The summed E-state index contributed by atoms with van der Waals surface area (Å²) in [6.07, 6.45) is 0. The highest BCUT2D eigenvalue weighted by Crippen LogP contribution is 2.19. The molecule has 1 rings (SSSR count). The molecule has 0 aromatic heterocycles. The molecule has 0 bridgehead atoms. The van der Waals surface area contributed by atoms with E-state index in [1.165, 1.54) is 4.31 Å². The van der Waals surface area contributed by atoms with E-state index in [2.05, 4.69) is 5.32 Å². The van der Waals surface area contributed by atoms with Gasteiger partial charge < -0.3 is 5.32 Å². The third kappa shape index (κ3) is 4.74. The van der Waals surface area contributed by atoms with Crippen molar-refractivity contribution in [3.63, 3.8) is 0 Å². The van der Waals surface area contributed by atoms with Gasteiger partial charge in [-0.1, -0.05) is 13.8 Å². The van der Waals surface area contributed by atoms with Crippen LogP contribution in [0.25, 0.3) is 0 Å². The third-order valence-electron chi connectivity index (χ3n) is 3.08. The van der Waals surface area contributed by atoms with E-state index >= 15 is 0 Å². The van der Waals surface area contributed by atoms with Crippen LogP contribution in [0.5, 0.6) is 0 Å². The number of rotatable bonds is 7. The zero-order valence-corrected chi connectivity index (χ0v) is 13.9. The van der Waals surface area contributed by atoms with Crippen LogP contribution in [0.1, 0.15) is 38.1 Å². The highest BCUT2D eigenvalue weighted by atomic mass is 32.2. The number of hydrogen-bond donors (Lipinski definition) is 1. The van der Waals surface area contributed by atoms with E-state index in [1.54, 1.807) is 38.1 Å². The Morgan fingerprint density at radius 2 is 1.76 bits per heavy atom. The van der Waals surface area contributed by atoms with Gasteiger partial charge in [0.15, 0.2) is 0 Å². The minimum atomic E-state index is -3.29. The summed E-state index contributed by atoms with van der Waals surface area (Å²) in [5.74, 6) is 0.299. The van der Waals surface area contributed by atoms with Gasteiger partial charge in [-0.25, -0.2) is 8.42 Å². The molecule has 1 aromatic carbocycles. The summed E-state index contributed by atoms with van der Waals surface area (Å²) >= 11 is 0. The standard InChI is InChI=1S/C15H24N2O3S/c1-5-17(21(19,20)6-2)14-9-7-13(8-10-14)15(18)16-11-12(3)4/h7-10,12H,5-6,11H2,1-4H3,(H,16,18). The fourth-order valence-electron chi connectivity index (χ4n) is 1.87. The zero-order valence-electron chi connectivity index (χ0n) is 13.1. The van der Waals surface area contributed by atoms with Gasteiger partial charge in [0.05, 0.1) is 11.4 Å². The largest absolute Gasteiger partial charge is 0.352 e. The van der Waals surface area contributed by atoms with Crippen molar-refractivity contribution in [1.82, 2.24) is 5.32 Å². The number of carbonyl (C=O) groups is 1. The van der Waals surface area contributed by atoms with E-state index < -0.39 is 10.0 Å². The molecule has 118 valence electrons. The van der Waals surface area contributed by atoms with Crippen molar-refractivity contribution < 1.29 is 13.2 Å². The summed E-state index contributed by atoms with van der Waals surface area (Å²) in [6.45, 7) is 8.44. The Hall–Kier alpha value is -1.56. The predicted molar refractivity (Wildman–Crippen MR) is 86.1 cm³/mol. The van der Waals surface area contributed by atoms with Gasteiger partial charge in [0, 0.05) is 18.7 Å². The van der Waals surface area contributed by atoms with E-state index in [1.807, 2.05) is 13.8 Å². The van der Waals surface area contributed by atoms with Gasteiger partial charge in [-0.3, -0.25) is 9.10 Å². The first-order chi connectivity index (χ1) is 9.81. The monoisotopic (exact) mass is 312 g/mol. The Kier molecular flexibility index (Phi) is 6.20. The molecule has 0 saturated carbocycles. The maximum Gasteiger partial charge on any atom is 0.251 e. The lowest BCUT2D eigenvalue weighted by Gasteiger charge is -2.22. The predicted octanol–water partition coefficient (Wildman–Crippen LogP) is 2.25. The molecular formula is C15H24N2O3S. The number of anilines is 1. The maximum absolute atomic E-state index is 12.0. The molecule has 5 nitrogen and oxygen atoms in total. The van der Waals surface area contributed by atoms with E-state index in [4.69, 9.17) is 0 Å². The average Bonchev–Trinajstić information content (AvgIpc) is 2.46. The van der Waals surface area contributed by atoms with Gasteiger partial charge in [-0.05, 0) is 44.0 Å². The normalized spacial score (nSPS) is 11.5. The Labute approximate surface area is 127 Å². The van der Waals surface area contributed by atoms with Crippen molar-refractivity contribution >= 4 is 21.6 Å². The zero-order chi connectivity index (χ0) is 16.0. The second-order valence-electron chi connectivity index (χ2n) is 5.22. The van der Waals surface area contributed by atoms with Crippen LogP contribution in [0.3, 0.4) is 0 Å². The van der Waals surface area contributed by atoms with Crippen LogP contribution in [0.4, 0.5) is 5.69 Å². The molecule has 21 heavy (non-hydrogen) atoms. The van der Waals surface area contributed by atoms with Crippen LogP contribution in [0.2, 0.25) is 0 Å². The Morgan fingerprint density at radius 3 is 2.19 bits per heavy atom. The minimum absolute atomic E-state index is 0.0530. The molecule has 0 spiro atoms. The minimum Gasteiger partial charge on any atom is -0.352 e. The molecule has 6 heteroatoms. The van der Waals surface area contributed by atoms with E-state index in [0.717, 1.165) is 0 Å². The molecule has 0 aliphatic rings. The van der Waals surface area contributed by atoms with Crippen LogP contribution >= 0.6 is 0 Å². The van der Waals surface area contributed by atoms with E-state index in [0.29, 0.717) is 30.3 Å². The van der Waals surface area contributed by atoms with E-state index in [-0.39, 0.29) is 11.7 Å². The Morgan fingerprint density at radius 1 is 1.19 bits per heavy atom. The molecule has 0 aliphatic carbocycles. The first-order valence-electron chi connectivity index (χ1n) is 7.20. The lowest BCUT2D eigenvalue weighted by molar-refractivity contribution is 0.0949. The molecule has 0 unspecified atom stereocenters. The van der Waals surface area contributed by atoms with Gasteiger partial charge >= 0.3 is 0 Å². The van der Waals surface area contributed by atoms with Crippen LogP contribution in [-0.2, 0) is 10.0 Å². The molecular weight excluding hydrogens is 288 g/mol. The number of nitrogens with zero attached hydrogens (tertiary/aromatic N) is 1. The van der Waals surface area contributed by atoms with Crippen molar-refractivity contribution in [3.05, 3.63) is 29.8 Å². The Bertz CT molecular complexity index is 565. The molecule has 1 aromatic rings. The highest BCUT2D eigenvalue weighted by Gasteiger charge is 2.18. The first kappa shape index (κ1) is 17.5. The maximum atomic E-state index is 12.0. The van der Waals surface area contributed by atoms with Crippen molar-refractivity contribution in [3.8, 4) is 0 Å². The number of carbonyl (C=O) groups excluding carboxylic acids is 1. The van der Waals surface area contributed by atoms with Crippen LogP contribution in [-0.4, -0.2) is 33.2 Å². The summed E-state index contributed by atoms with van der Waals surface area (Å²) in [5, 5.41) is 2.83. The fraction of sp³-hybridized carbons (Fsp3) is 0.533. The molecule has 0 aliphatic heterocycles. The second kappa shape index (κ2) is 7.45. The number of hydrogen-bond acceptors (Lipinski definition) is 3. The van der Waals surface area contributed by atoms with Crippen LogP contribution < -0.4 is 9.62 Å². The lowest BCUT2D eigenvalue weighted by atomic mass is 10.1. The number of nitrogens with one attached hydrogen (secondary N) is 1. The van der Waals surface area contributed by atoms with Crippen molar-refractivity contribution in [2.45, 2.75) is 27.7 Å². The van der Waals surface area contributed by atoms with Crippen molar-refractivity contribution in [1.29, 1.82) is 0 Å². The average molecular weight is 312 g/mol. The number of amides is 1. The van der Waals surface area contributed by atoms with Crippen LogP contribution in [0, 0.1) is 5.92 Å². The summed E-state index contributed by atoms with van der Waals surface area (Å²) in [4.78, 5) is 11.9. The molecule has 0 saturated heterocycles. The number of sulfonamides is 1. The van der Waals surface area contributed by atoms with Crippen molar-refractivity contribution in [2.24, 2.45) is 5.92 Å². The topological polar surface area (TPSA) is 66.5 Å². The Balaban J connectivity index is 2.89. The highest BCUT2D eigenvalue weighted by molar-refractivity contribution is 7.92. The first-order valence-corrected chi connectivity index (χ1v) is 8.81. The van der Waals surface area contributed by atoms with Crippen molar-refractivity contribution in [2.75, 3.05) is 23.1 Å². The van der Waals surface area contributed by atoms with Gasteiger partial charge in [0.2, 0.25) is 10.0 Å². The van der Waals surface area contributed by atoms with Gasteiger partial charge in [0.1, 0.15) is 0 Å². The molecule has 0 radical (unpaired) electrons. The lowest BCUT2D eigenvalue weighted by Crippen LogP contribution is -2.32. The molecule has 1 N–H and O–H groups in total. The van der Waals surface area contributed by atoms with E-state index in [9.17, 15) is 13.2 Å². The summed E-state index contributed by atoms with van der Waals surface area (Å²) in [5.41, 5.74) is 1.11. The summed E-state index contributed by atoms with van der Waals surface area (Å²) in [7, 11) is -3.29. The number of benzene rings is 1. The van der Waals surface area contributed by atoms with Crippen LogP contribution in [0.15, 0.2) is 24.3 Å². The quantitative estimate of drug-likeness (QED) is 0.839.